The summed E-state index contributed by atoms with van der Waals surface area (Å²) in [5.74, 6) is 0. The van der Waals surface area contributed by atoms with Gasteiger partial charge < -0.3 is 10.4 Å². The Morgan fingerprint density at radius 3 is 2.25 bits per heavy atom. The lowest BCUT2D eigenvalue weighted by Gasteiger charge is -2.25. The minimum absolute atomic E-state index is 0.112. The topological polar surface area (TPSA) is 32.3 Å². The highest BCUT2D eigenvalue weighted by Gasteiger charge is 2.19. The van der Waals surface area contributed by atoms with Crippen LogP contribution >= 0.6 is 15.9 Å². The molecule has 0 amide bonds. The lowest BCUT2D eigenvalue weighted by Crippen LogP contribution is -2.38. The van der Waals surface area contributed by atoms with E-state index in [0.29, 0.717) is 6.04 Å². The number of nitrogens with one attached hydrogen (secondary N) is 1. The van der Waals surface area contributed by atoms with E-state index in [1.807, 2.05) is 24.3 Å². The van der Waals surface area contributed by atoms with Gasteiger partial charge in [-0.1, -0.05) is 48.8 Å². The van der Waals surface area contributed by atoms with Crippen LogP contribution in [0.1, 0.15) is 38.9 Å². The minimum Gasteiger partial charge on any atom is -0.387 e. The van der Waals surface area contributed by atoms with Crippen molar-refractivity contribution in [3.05, 3.63) is 34.3 Å². The number of aliphatic hydroxyl groups excluding tert-OH is 1. The smallest absolute Gasteiger partial charge is 0.0942 e. The van der Waals surface area contributed by atoms with Gasteiger partial charge in [0.15, 0.2) is 0 Å². The first-order valence-corrected chi connectivity index (χ1v) is 6.53. The molecule has 0 aliphatic carbocycles. The molecule has 0 spiro atoms. The van der Waals surface area contributed by atoms with E-state index in [9.17, 15) is 5.11 Å². The summed E-state index contributed by atoms with van der Waals surface area (Å²) in [4.78, 5) is 0. The van der Waals surface area contributed by atoms with Crippen LogP contribution in [-0.4, -0.2) is 17.2 Å². The number of hydrogen-bond acceptors (Lipinski definition) is 2. The molecule has 1 aromatic rings. The lowest BCUT2D eigenvalue weighted by molar-refractivity contribution is 0.121. The van der Waals surface area contributed by atoms with Gasteiger partial charge in [0, 0.05) is 16.6 Å². The van der Waals surface area contributed by atoms with Crippen molar-refractivity contribution in [2.45, 2.75) is 45.4 Å². The Kier molecular flexibility index (Phi) is 5.46. The molecule has 0 aliphatic rings. The van der Waals surface area contributed by atoms with Crippen LogP contribution in [0.4, 0.5) is 0 Å². The number of rotatable bonds is 5. The third kappa shape index (κ3) is 3.89. The first kappa shape index (κ1) is 13.7. The first-order valence-electron chi connectivity index (χ1n) is 5.74. The fourth-order valence-electron chi connectivity index (χ4n) is 1.75. The molecule has 2 atom stereocenters. The van der Waals surface area contributed by atoms with Crippen LogP contribution in [0, 0.1) is 0 Å². The van der Waals surface area contributed by atoms with Gasteiger partial charge in [-0.2, -0.15) is 0 Å². The Balaban J connectivity index is 2.74. The fourth-order valence-corrected chi connectivity index (χ4v) is 2.02. The lowest BCUT2D eigenvalue weighted by atomic mass is 10.00. The first-order chi connectivity index (χ1) is 7.54. The molecule has 0 radical (unpaired) electrons. The van der Waals surface area contributed by atoms with Crippen LogP contribution in [0.5, 0.6) is 0 Å². The average molecular weight is 286 g/mol. The zero-order valence-electron chi connectivity index (χ0n) is 10.1. The molecule has 0 aliphatic heterocycles. The highest BCUT2D eigenvalue weighted by Crippen LogP contribution is 2.21. The summed E-state index contributed by atoms with van der Waals surface area (Å²) in [5.41, 5.74) is 0.961. The van der Waals surface area contributed by atoms with Crippen LogP contribution < -0.4 is 5.32 Å². The molecule has 0 fully saturated rings. The molecule has 16 heavy (non-hydrogen) atoms. The summed E-state index contributed by atoms with van der Waals surface area (Å²) in [6.07, 6.45) is 0.468. The molecule has 3 heteroatoms. The molecular weight excluding hydrogens is 266 g/mol. The van der Waals surface area contributed by atoms with E-state index in [1.165, 1.54) is 0 Å². The van der Waals surface area contributed by atoms with E-state index in [-0.39, 0.29) is 6.04 Å². The molecule has 90 valence electrons. The van der Waals surface area contributed by atoms with Gasteiger partial charge in [0.25, 0.3) is 0 Å². The normalized spacial score (nSPS) is 15.1. The monoisotopic (exact) mass is 285 g/mol. The van der Waals surface area contributed by atoms with Gasteiger partial charge in [-0.15, -0.1) is 0 Å². The molecule has 0 saturated heterocycles. The third-order valence-corrected chi connectivity index (χ3v) is 3.11. The zero-order chi connectivity index (χ0) is 12.1. The largest absolute Gasteiger partial charge is 0.387 e. The Morgan fingerprint density at radius 2 is 1.81 bits per heavy atom. The van der Waals surface area contributed by atoms with Crippen LogP contribution in [0.15, 0.2) is 28.7 Å². The maximum atomic E-state index is 10.2. The van der Waals surface area contributed by atoms with Crippen LogP contribution in [-0.2, 0) is 0 Å². The van der Waals surface area contributed by atoms with E-state index >= 15 is 0 Å². The maximum absolute atomic E-state index is 10.2. The summed E-state index contributed by atoms with van der Waals surface area (Å²) in [5, 5.41) is 13.6. The van der Waals surface area contributed by atoms with E-state index in [0.717, 1.165) is 16.5 Å². The van der Waals surface area contributed by atoms with Gasteiger partial charge in [-0.25, -0.2) is 0 Å². The predicted molar refractivity (Wildman–Crippen MR) is 71.5 cm³/mol. The van der Waals surface area contributed by atoms with Crippen LogP contribution in [0.25, 0.3) is 0 Å². The standard InChI is InChI=1S/C13H20BrNO/c1-4-12(15-9(2)3)13(16)10-5-7-11(14)8-6-10/h5-9,12-13,15-16H,4H2,1-3H3. The van der Waals surface area contributed by atoms with Crippen molar-refractivity contribution in [3.63, 3.8) is 0 Å². The van der Waals surface area contributed by atoms with Crippen molar-refractivity contribution in [2.24, 2.45) is 0 Å². The van der Waals surface area contributed by atoms with Crippen molar-refractivity contribution in [2.75, 3.05) is 0 Å². The Hall–Kier alpha value is -0.380. The summed E-state index contributed by atoms with van der Waals surface area (Å²) in [7, 11) is 0. The van der Waals surface area contributed by atoms with Gasteiger partial charge in [0.05, 0.1) is 6.10 Å². The quantitative estimate of drug-likeness (QED) is 0.870. The third-order valence-electron chi connectivity index (χ3n) is 2.58. The van der Waals surface area contributed by atoms with E-state index in [4.69, 9.17) is 0 Å². The van der Waals surface area contributed by atoms with Gasteiger partial charge >= 0.3 is 0 Å². The van der Waals surface area contributed by atoms with Crippen LogP contribution in [0.3, 0.4) is 0 Å². The van der Waals surface area contributed by atoms with E-state index in [1.54, 1.807) is 0 Å². The molecule has 0 heterocycles. The number of hydrogen-bond donors (Lipinski definition) is 2. The molecule has 2 nitrogen and oxygen atoms in total. The molecule has 1 rings (SSSR count). The molecule has 0 aromatic heterocycles. The van der Waals surface area contributed by atoms with Crippen LogP contribution in [0.2, 0.25) is 0 Å². The minimum atomic E-state index is -0.444. The Bertz CT molecular complexity index is 310. The fraction of sp³-hybridized carbons (Fsp3) is 0.538. The van der Waals surface area contributed by atoms with Crippen molar-refractivity contribution in [1.82, 2.24) is 5.32 Å². The predicted octanol–water partition coefficient (Wildman–Crippen LogP) is 3.26. The highest BCUT2D eigenvalue weighted by atomic mass is 79.9. The van der Waals surface area contributed by atoms with Gasteiger partial charge in [0.2, 0.25) is 0 Å². The van der Waals surface area contributed by atoms with Gasteiger partial charge in [-0.05, 0) is 24.1 Å². The number of halogens is 1. The molecule has 2 unspecified atom stereocenters. The van der Waals surface area contributed by atoms with E-state index in [2.05, 4.69) is 42.0 Å². The second-order valence-electron chi connectivity index (χ2n) is 4.33. The van der Waals surface area contributed by atoms with Crippen molar-refractivity contribution >= 4 is 15.9 Å². The van der Waals surface area contributed by atoms with Crippen molar-refractivity contribution in [1.29, 1.82) is 0 Å². The molecule has 0 saturated carbocycles. The van der Waals surface area contributed by atoms with Gasteiger partial charge in [-0.3, -0.25) is 0 Å². The summed E-state index contributed by atoms with van der Waals surface area (Å²) in [6, 6.07) is 8.33. The SMILES string of the molecule is CCC(NC(C)C)C(O)c1ccc(Br)cc1. The van der Waals surface area contributed by atoms with Gasteiger partial charge in [0.1, 0.15) is 0 Å². The molecular formula is C13H20BrNO. The second kappa shape index (κ2) is 6.38. The second-order valence-corrected chi connectivity index (χ2v) is 5.25. The summed E-state index contributed by atoms with van der Waals surface area (Å²) < 4.78 is 1.04. The summed E-state index contributed by atoms with van der Waals surface area (Å²) >= 11 is 3.39. The Morgan fingerprint density at radius 1 is 1.25 bits per heavy atom. The zero-order valence-corrected chi connectivity index (χ0v) is 11.7. The van der Waals surface area contributed by atoms with Crippen molar-refractivity contribution < 1.29 is 5.11 Å². The van der Waals surface area contributed by atoms with Crippen molar-refractivity contribution in [3.8, 4) is 0 Å². The average Bonchev–Trinajstić information content (AvgIpc) is 2.25. The highest BCUT2D eigenvalue weighted by molar-refractivity contribution is 9.10. The maximum Gasteiger partial charge on any atom is 0.0942 e. The molecule has 2 N–H and O–H groups in total. The number of aliphatic hydroxyl groups is 1. The van der Waals surface area contributed by atoms with E-state index < -0.39 is 6.10 Å². The summed E-state index contributed by atoms with van der Waals surface area (Å²) in [6.45, 7) is 6.27. The number of benzene rings is 1. The molecule has 1 aromatic carbocycles. The molecule has 0 bridgehead atoms. The Labute approximate surface area is 106 Å².